The smallest absolute Gasteiger partial charge is 0.293 e. The molecular weight excluding hydrogens is 326 g/mol. The lowest BCUT2D eigenvalue weighted by Crippen LogP contribution is -2.12. The summed E-state index contributed by atoms with van der Waals surface area (Å²) in [5.41, 5.74) is 0.0654. The van der Waals surface area contributed by atoms with E-state index < -0.39 is 0 Å². The SMILES string of the molecule is CCc1nc(NCCc2nnc3c(=O)[nH]ccn23)c2ccsc2n1. The fraction of sp³-hybridized carbons (Fsp3) is 0.267. The number of nitrogens with zero attached hydrogens (tertiary/aromatic N) is 5. The van der Waals surface area contributed by atoms with Crippen molar-refractivity contribution >= 4 is 33.0 Å². The Morgan fingerprint density at radius 2 is 2.25 bits per heavy atom. The molecule has 0 aliphatic rings. The minimum atomic E-state index is -0.243. The molecule has 4 aromatic rings. The maximum absolute atomic E-state index is 11.7. The minimum Gasteiger partial charge on any atom is -0.369 e. The third-order valence-corrected chi connectivity index (χ3v) is 4.54. The van der Waals surface area contributed by atoms with Crippen LogP contribution in [0.15, 0.2) is 28.6 Å². The van der Waals surface area contributed by atoms with Gasteiger partial charge < -0.3 is 10.3 Å². The van der Waals surface area contributed by atoms with Gasteiger partial charge in [0.25, 0.3) is 5.56 Å². The van der Waals surface area contributed by atoms with E-state index >= 15 is 0 Å². The molecule has 0 aliphatic carbocycles. The zero-order valence-corrected chi connectivity index (χ0v) is 13.8. The standard InChI is InChI=1S/C15H15N7OS/c1-2-10-18-12(9-4-8-24-15(9)19-10)16-5-3-11-20-21-13-14(23)17-6-7-22(11)13/h4,6-8H,2-3,5H2,1H3,(H,17,23)(H,16,18,19). The fourth-order valence-electron chi connectivity index (χ4n) is 2.54. The molecule has 0 amide bonds. The molecule has 0 bridgehead atoms. The van der Waals surface area contributed by atoms with Gasteiger partial charge in [-0.2, -0.15) is 0 Å². The number of H-pyrrole nitrogens is 1. The Balaban J connectivity index is 1.56. The molecule has 4 rings (SSSR count). The van der Waals surface area contributed by atoms with Crippen molar-refractivity contribution in [2.45, 2.75) is 19.8 Å². The van der Waals surface area contributed by atoms with E-state index in [0.29, 0.717) is 18.6 Å². The number of rotatable bonds is 5. The molecule has 2 N–H and O–H groups in total. The van der Waals surface area contributed by atoms with E-state index in [0.717, 1.165) is 34.1 Å². The zero-order chi connectivity index (χ0) is 16.5. The molecule has 0 saturated carbocycles. The van der Waals surface area contributed by atoms with Crippen LogP contribution in [-0.4, -0.2) is 36.1 Å². The van der Waals surface area contributed by atoms with Crippen LogP contribution in [0.25, 0.3) is 15.9 Å². The summed E-state index contributed by atoms with van der Waals surface area (Å²) in [4.78, 5) is 24.3. The highest BCUT2D eigenvalue weighted by atomic mass is 32.1. The molecule has 0 atom stereocenters. The van der Waals surface area contributed by atoms with Gasteiger partial charge in [0.15, 0.2) is 0 Å². The van der Waals surface area contributed by atoms with Crippen LogP contribution >= 0.6 is 11.3 Å². The van der Waals surface area contributed by atoms with E-state index in [-0.39, 0.29) is 5.56 Å². The minimum absolute atomic E-state index is 0.243. The van der Waals surface area contributed by atoms with Crippen molar-refractivity contribution in [3.63, 3.8) is 0 Å². The molecule has 4 aromatic heterocycles. The molecule has 0 fully saturated rings. The largest absolute Gasteiger partial charge is 0.369 e. The number of hydrogen-bond acceptors (Lipinski definition) is 7. The van der Waals surface area contributed by atoms with Gasteiger partial charge in [-0.15, -0.1) is 21.5 Å². The lowest BCUT2D eigenvalue weighted by atomic mass is 10.3. The first-order valence-electron chi connectivity index (χ1n) is 7.65. The van der Waals surface area contributed by atoms with Gasteiger partial charge >= 0.3 is 0 Å². The number of aryl methyl sites for hydroxylation is 1. The normalized spacial score (nSPS) is 11.4. The second kappa shape index (κ2) is 6.00. The van der Waals surface area contributed by atoms with Crippen LogP contribution in [-0.2, 0) is 12.8 Å². The summed E-state index contributed by atoms with van der Waals surface area (Å²) in [6.07, 6.45) is 4.76. The maximum atomic E-state index is 11.7. The molecule has 0 radical (unpaired) electrons. The summed E-state index contributed by atoms with van der Waals surface area (Å²) in [7, 11) is 0. The van der Waals surface area contributed by atoms with Crippen molar-refractivity contribution in [3.8, 4) is 0 Å². The first kappa shape index (κ1) is 14.8. The van der Waals surface area contributed by atoms with Gasteiger partial charge in [0.2, 0.25) is 5.65 Å². The molecular formula is C15H15N7OS. The Labute approximate surface area is 140 Å². The Bertz CT molecular complexity index is 1060. The quantitative estimate of drug-likeness (QED) is 0.572. The number of anilines is 1. The highest BCUT2D eigenvalue weighted by Gasteiger charge is 2.10. The number of nitrogens with one attached hydrogen (secondary N) is 2. The lowest BCUT2D eigenvalue weighted by Gasteiger charge is -2.07. The summed E-state index contributed by atoms with van der Waals surface area (Å²) in [6.45, 7) is 2.68. The van der Waals surface area contributed by atoms with Crippen LogP contribution in [0.1, 0.15) is 18.6 Å². The lowest BCUT2D eigenvalue weighted by molar-refractivity contribution is 0.862. The molecule has 0 aliphatic heterocycles. The van der Waals surface area contributed by atoms with E-state index in [1.807, 2.05) is 18.4 Å². The van der Waals surface area contributed by atoms with Gasteiger partial charge in [-0.25, -0.2) is 9.97 Å². The Morgan fingerprint density at radius 1 is 1.33 bits per heavy atom. The van der Waals surface area contributed by atoms with E-state index in [9.17, 15) is 4.79 Å². The second-order valence-corrected chi connectivity index (χ2v) is 6.15. The van der Waals surface area contributed by atoms with Crippen LogP contribution in [0, 0.1) is 0 Å². The molecule has 8 nitrogen and oxygen atoms in total. The van der Waals surface area contributed by atoms with Crippen LogP contribution in [0.2, 0.25) is 0 Å². The first-order valence-corrected chi connectivity index (χ1v) is 8.53. The highest BCUT2D eigenvalue weighted by molar-refractivity contribution is 7.16. The topological polar surface area (TPSA) is 101 Å². The average molecular weight is 341 g/mol. The maximum Gasteiger partial charge on any atom is 0.293 e. The van der Waals surface area contributed by atoms with E-state index in [4.69, 9.17) is 0 Å². The summed E-state index contributed by atoms with van der Waals surface area (Å²) < 4.78 is 1.71. The molecule has 24 heavy (non-hydrogen) atoms. The van der Waals surface area contributed by atoms with Gasteiger partial charge in [-0.05, 0) is 11.4 Å². The summed E-state index contributed by atoms with van der Waals surface area (Å²) in [6, 6.07) is 2.02. The van der Waals surface area contributed by atoms with Crippen molar-refractivity contribution in [2.24, 2.45) is 0 Å². The Morgan fingerprint density at radius 3 is 3.12 bits per heavy atom. The summed E-state index contributed by atoms with van der Waals surface area (Å²) >= 11 is 1.61. The van der Waals surface area contributed by atoms with Crippen molar-refractivity contribution in [3.05, 3.63) is 45.8 Å². The van der Waals surface area contributed by atoms with Crippen molar-refractivity contribution in [1.29, 1.82) is 0 Å². The molecule has 0 aromatic carbocycles. The number of hydrogen-bond donors (Lipinski definition) is 2. The number of aromatic amines is 1. The van der Waals surface area contributed by atoms with E-state index in [2.05, 4.69) is 30.5 Å². The highest BCUT2D eigenvalue weighted by Crippen LogP contribution is 2.25. The molecule has 0 unspecified atom stereocenters. The Kier molecular flexibility index (Phi) is 3.69. The monoisotopic (exact) mass is 341 g/mol. The summed E-state index contributed by atoms with van der Waals surface area (Å²) in [5, 5.41) is 14.4. The Hall–Kier alpha value is -2.81. The van der Waals surface area contributed by atoms with Crippen molar-refractivity contribution < 1.29 is 0 Å². The molecule has 4 heterocycles. The molecule has 9 heteroatoms. The van der Waals surface area contributed by atoms with Gasteiger partial charge in [0, 0.05) is 31.8 Å². The zero-order valence-electron chi connectivity index (χ0n) is 13.0. The summed E-state index contributed by atoms with van der Waals surface area (Å²) in [5.74, 6) is 2.40. The van der Waals surface area contributed by atoms with Gasteiger partial charge in [-0.3, -0.25) is 9.20 Å². The fourth-order valence-corrected chi connectivity index (χ4v) is 3.33. The van der Waals surface area contributed by atoms with Gasteiger partial charge in [0.05, 0.1) is 5.39 Å². The number of thiophene rings is 1. The number of aromatic nitrogens is 6. The van der Waals surface area contributed by atoms with Crippen molar-refractivity contribution in [2.75, 3.05) is 11.9 Å². The van der Waals surface area contributed by atoms with Crippen LogP contribution in [0.4, 0.5) is 5.82 Å². The van der Waals surface area contributed by atoms with Crippen LogP contribution < -0.4 is 10.9 Å². The third-order valence-electron chi connectivity index (χ3n) is 3.74. The van der Waals surface area contributed by atoms with Crippen LogP contribution in [0.3, 0.4) is 0 Å². The molecule has 122 valence electrons. The predicted molar refractivity (Wildman–Crippen MR) is 92.6 cm³/mol. The molecule has 0 spiro atoms. The van der Waals surface area contributed by atoms with Gasteiger partial charge in [-0.1, -0.05) is 6.92 Å². The molecule has 0 saturated heterocycles. The van der Waals surface area contributed by atoms with Crippen molar-refractivity contribution in [1.82, 2.24) is 29.5 Å². The first-order chi connectivity index (χ1) is 11.8. The third kappa shape index (κ3) is 2.52. The average Bonchev–Trinajstić information content (AvgIpc) is 3.22. The van der Waals surface area contributed by atoms with Crippen LogP contribution in [0.5, 0.6) is 0 Å². The van der Waals surface area contributed by atoms with E-state index in [1.54, 1.807) is 28.1 Å². The number of fused-ring (bicyclic) bond motifs is 2. The van der Waals surface area contributed by atoms with E-state index in [1.165, 1.54) is 0 Å². The predicted octanol–water partition coefficient (Wildman–Crippen LogP) is 1.64. The van der Waals surface area contributed by atoms with Gasteiger partial charge in [0.1, 0.15) is 22.3 Å². The second-order valence-electron chi connectivity index (χ2n) is 5.26.